The van der Waals surface area contributed by atoms with Crippen LogP contribution in [0.5, 0.6) is 0 Å². The molecular formula is C10H13ClFNO2S. The van der Waals surface area contributed by atoms with Crippen molar-refractivity contribution in [2.24, 2.45) is 0 Å². The van der Waals surface area contributed by atoms with Crippen molar-refractivity contribution in [3.63, 3.8) is 0 Å². The summed E-state index contributed by atoms with van der Waals surface area (Å²) in [6.45, 7) is 1.15. The van der Waals surface area contributed by atoms with E-state index in [0.717, 1.165) is 12.5 Å². The van der Waals surface area contributed by atoms with Crippen molar-refractivity contribution in [3.05, 3.63) is 34.9 Å². The fourth-order valence-electron chi connectivity index (χ4n) is 1.14. The molecule has 0 saturated heterocycles. The molecule has 0 heterocycles. The standard InChI is InChI=1S/C10H13ClFNO2S/c1-8(12)16(14,15)13-6-5-9-3-2-4-10(11)7-9/h2-4,7-8,13H,5-6H2,1H3. The summed E-state index contributed by atoms with van der Waals surface area (Å²) >= 11 is 5.77. The summed E-state index contributed by atoms with van der Waals surface area (Å²) in [6.07, 6.45) is 0.479. The van der Waals surface area contributed by atoms with Crippen molar-refractivity contribution in [3.8, 4) is 0 Å². The van der Waals surface area contributed by atoms with Crippen LogP contribution in [-0.2, 0) is 16.4 Å². The lowest BCUT2D eigenvalue weighted by Crippen LogP contribution is -2.31. The van der Waals surface area contributed by atoms with Gasteiger partial charge in [0.1, 0.15) is 0 Å². The number of alkyl halides is 1. The van der Waals surface area contributed by atoms with Crippen LogP contribution in [0.4, 0.5) is 4.39 Å². The van der Waals surface area contributed by atoms with Crippen molar-refractivity contribution in [2.75, 3.05) is 6.54 Å². The Morgan fingerprint density at radius 1 is 1.50 bits per heavy atom. The van der Waals surface area contributed by atoms with Gasteiger partial charge in [-0.25, -0.2) is 17.5 Å². The Kier molecular flexibility index (Phi) is 4.70. The van der Waals surface area contributed by atoms with E-state index in [1.807, 2.05) is 6.07 Å². The fraction of sp³-hybridized carbons (Fsp3) is 0.400. The lowest BCUT2D eigenvalue weighted by Gasteiger charge is -2.07. The van der Waals surface area contributed by atoms with E-state index in [-0.39, 0.29) is 6.54 Å². The molecule has 0 aromatic heterocycles. The molecule has 16 heavy (non-hydrogen) atoms. The van der Waals surface area contributed by atoms with Gasteiger partial charge in [0.05, 0.1) is 0 Å². The van der Waals surface area contributed by atoms with Crippen LogP contribution in [0.2, 0.25) is 5.02 Å². The van der Waals surface area contributed by atoms with Gasteiger partial charge in [-0.3, -0.25) is 0 Å². The van der Waals surface area contributed by atoms with Gasteiger partial charge in [-0.1, -0.05) is 23.7 Å². The molecule has 1 rings (SSSR count). The molecule has 0 spiro atoms. The van der Waals surface area contributed by atoms with E-state index >= 15 is 0 Å². The Hall–Kier alpha value is -0.650. The van der Waals surface area contributed by atoms with E-state index in [4.69, 9.17) is 11.6 Å². The quantitative estimate of drug-likeness (QED) is 0.886. The molecule has 0 radical (unpaired) electrons. The Bertz CT molecular complexity index is 448. The topological polar surface area (TPSA) is 46.2 Å². The summed E-state index contributed by atoms with van der Waals surface area (Å²) in [5.41, 5.74) is -0.992. The molecule has 0 bridgehead atoms. The van der Waals surface area contributed by atoms with Crippen LogP contribution in [-0.4, -0.2) is 20.5 Å². The summed E-state index contributed by atoms with van der Waals surface area (Å²) in [6, 6.07) is 7.09. The van der Waals surface area contributed by atoms with E-state index in [2.05, 4.69) is 4.72 Å². The Labute approximate surface area is 99.7 Å². The van der Waals surface area contributed by atoms with Gasteiger partial charge in [-0.05, 0) is 31.0 Å². The molecular weight excluding hydrogens is 253 g/mol. The van der Waals surface area contributed by atoms with Crippen LogP contribution in [0.1, 0.15) is 12.5 Å². The third-order valence-corrected chi connectivity index (χ3v) is 3.73. The van der Waals surface area contributed by atoms with Crippen molar-refractivity contribution < 1.29 is 12.8 Å². The molecule has 1 unspecified atom stereocenters. The minimum absolute atomic E-state index is 0.164. The van der Waals surface area contributed by atoms with E-state index in [1.165, 1.54) is 0 Å². The van der Waals surface area contributed by atoms with E-state index in [1.54, 1.807) is 18.2 Å². The van der Waals surface area contributed by atoms with Gasteiger partial charge in [-0.2, -0.15) is 0 Å². The van der Waals surface area contributed by atoms with Crippen molar-refractivity contribution in [1.82, 2.24) is 4.72 Å². The van der Waals surface area contributed by atoms with Gasteiger partial charge in [0.25, 0.3) is 0 Å². The first-order valence-corrected chi connectivity index (χ1v) is 6.71. The molecule has 90 valence electrons. The number of halogens is 2. The van der Waals surface area contributed by atoms with Crippen molar-refractivity contribution >= 4 is 21.6 Å². The average Bonchev–Trinajstić information content (AvgIpc) is 2.17. The minimum atomic E-state index is -3.83. The first-order chi connectivity index (χ1) is 7.42. The second-order valence-corrected chi connectivity index (χ2v) is 5.83. The zero-order valence-corrected chi connectivity index (χ0v) is 10.4. The SMILES string of the molecule is CC(F)S(=O)(=O)NCCc1cccc(Cl)c1. The molecule has 0 fully saturated rings. The molecule has 1 atom stereocenters. The van der Waals surface area contributed by atoms with Gasteiger partial charge in [0, 0.05) is 11.6 Å². The van der Waals surface area contributed by atoms with Crippen LogP contribution >= 0.6 is 11.6 Å². The fourth-order valence-corrected chi connectivity index (χ4v) is 1.97. The summed E-state index contributed by atoms with van der Waals surface area (Å²) in [4.78, 5) is 0. The molecule has 3 nitrogen and oxygen atoms in total. The molecule has 0 amide bonds. The Morgan fingerprint density at radius 3 is 2.75 bits per heavy atom. The number of hydrogen-bond donors (Lipinski definition) is 1. The largest absolute Gasteiger partial charge is 0.243 e. The first kappa shape index (κ1) is 13.4. The summed E-state index contributed by atoms with van der Waals surface area (Å²) in [5.74, 6) is 0. The predicted molar refractivity (Wildman–Crippen MR) is 62.6 cm³/mol. The zero-order valence-electron chi connectivity index (χ0n) is 8.78. The number of nitrogens with one attached hydrogen (secondary N) is 1. The molecule has 0 aliphatic carbocycles. The van der Waals surface area contributed by atoms with Crippen molar-refractivity contribution in [2.45, 2.75) is 18.8 Å². The van der Waals surface area contributed by atoms with Crippen LogP contribution in [0.15, 0.2) is 24.3 Å². The number of rotatable bonds is 5. The second-order valence-electron chi connectivity index (χ2n) is 3.36. The van der Waals surface area contributed by atoms with Crippen LogP contribution < -0.4 is 4.72 Å². The maximum atomic E-state index is 12.6. The van der Waals surface area contributed by atoms with Gasteiger partial charge in [0.15, 0.2) is 0 Å². The van der Waals surface area contributed by atoms with Crippen LogP contribution in [0, 0.1) is 0 Å². The molecule has 1 N–H and O–H groups in total. The third kappa shape index (κ3) is 4.08. The third-order valence-electron chi connectivity index (χ3n) is 2.03. The van der Waals surface area contributed by atoms with Gasteiger partial charge in [-0.15, -0.1) is 0 Å². The number of sulfonamides is 1. The molecule has 1 aromatic rings. The monoisotopic (exact) mass is 265 g/mol. The second kappa shape index (κ2) is 5.61. The zero-order chi connectivity index (χ0) is 12.2. The molecule has 0 aliphatic heterocycles. The molecule has 0 saturated carbocycles. The Morgan fingerprint density at radius 2 is 2.19 bits per heavy atom. The van der Waals surface area contributed by atoms with Crippen LogP contribution in [0.3, 0.4) is 0 Å². The van der Waals surface area contributed by atoms with E-state index in [9.17, 15) is 12.8 Å². The van der Waals surface area contributed by atoms with E-state index < -0.39 is 15.5 Å². The minimum Gasteiger partial charge on any atom is -0.229 e. The predicted octanol–water partition coefficient (Wildman–Crippen LogP) is 2.12. The number of hydrogen-bond acceptors (Lipinski definition) is 2. The summed E-state index contributed by atoms with van der Waals surface area (Å²) in [7, 11) is -3.83. The Balaban J connectivity index is 2.48. The highest BCUT2D eigenvalue weighted by Crippen LogP contribution is 2.10. The normalized spacial score (nSPS) is 13.7. The van der Waals surface area contributed by atoms with Gasteiger partial charge >= 0.3 is 0 Å². The molecule has 1 aromatic carbocycles. The average molecular weight is 266 g/mol. The summed E-state index contributed by atoms with van der Waals surface area (Å²) < 4.78 is 36.9. The highest BCUT2D eigenvalue weighted by molar-refractivity contribution is 7.89. The molecule has 0 aliphatic rings. The van der Waals surface area contributed by atoms with Crippen molar-refractivity contribution in [1.29, 1.82) is 0 Å². The lowest BCUT2D eigenvalue weighted by molar-refractivity contribution is 0.437. The van der Waals surface area contributed by atoms with Gasteiger partial charge < -0.3 is 0 Å². The summed E-state index contributed by atoms with van der Waals surface area (Å²) in [5, 5.41) is 0.596. The highest BCUT2D eigenvalue weighted by atomic mass is 35.5. The van der Waals surface area contributed by atoms with Crippen LogP contribution in [0.25, 0.3) is 0 Å². The van der Waals surface area contributed by atoms with Gasteiger partial charge in [0.2, 0.25) is 15.5 Å². The molecule has 6 heteroatoms. The smallest absolute Gasteiger partial charge is 0.229 e. The lowest BCUT2D eigenvalue weighted by atomic mass is 10.2. The number of benzene rings is 1. The van der Waals surface area contributed by atoms with E-state index in [0.29, 0.717) is 11.4 Å². The first-order valence-electron chi connectivity index (χ1n) is 4.79. The maximum absolute atomic E-state index is 12.6. The maximum Gasteiger partial charge on any atom is 0.243 e. The highest BCUT2D eigenvalue weighted by Gasteiger charge is 2.18.